The molecule has 0 unspecified atom stereocenters. The Hall–Kier alpha value is -2.82. The van der Waals surface area contributed by atoms with Crippen molar-refractivity contribution in [2.75, 3.05) is 13.7 Å². The van der Waals surface area contributed by atoms with Crippen LogP contribution in [0, 0.1) is 0 Å². The second-order valence-corrected chi connectivity index (χ2v) is 5.45. The summed E-state index contributed by atoms with van der Waals surface area (Å²) in [5.41, 5.74) is 0.385. The Kier molecular flexibility index (Phi) is 7.01. The van der Waals surface area contributed by atoms with E-state index < -0.39 is 11.9 Å². The van der Waals surface area contributed by atoms with Gasteiger partial charge in [0, 0.05) is 0 Å². The molecule has 5 nitrogen and oxygen atoms in total. The van der Waals surface area contributed by atoms with Crippen molar-refractivity contribution >= 4 is 11.9 Å². The van der Waals surface area contributed by atoms with E-state index in [0.717, 1.165) is 19.3 Å². The van der Waals surface area contributed by atoms with E-state index in [1.165, 1.54) is 0 Å². The van der Waals surface area contributed by atoms with Gasteiger partial charge in [0.05, 0.1) is 24.8 Å². The maximum absolute atomic E-state index is 12.4. The van der Waals surface area contributed by atoms with E-state index in [1.807, 2.05) is 0 Å². The molecule has 0 saturated carbocycles. The third-order valence-corrected chi connectivity index (χ3v) is 3.62. The number of carbonyl (C=O) groups is 2. The molecule has 2 aromatic rings. The number of unbranched alkanes of at least 4 members (excludes halogenated alkanes) is 2. The highest BCUT2D eigenvalue weighted by molar-refractivity contribution is 6.03. The molecule has 25 heavy (non-hydrogen) atoms. The van der Waals surface area contributed by atoms with Crippen molar-refractivity contribution in [1.29, 1.82) is 0 Å². The van der Waals surface area contributed by atoms with Gasteiger partial charge in [-0.05, 0) is 42.8 Å². The molecule has 0 radical (unpaired) electrons. The van der Waals surface area contributed by atoms with Gasteiger partial charge in [0.2, 0.25) is 0 Å². The van der Waals surface area contributed by atoms with Gasteiger partial charge in [-0.1, -0.05) is 31.9 Å². The van der Waals surface area contributed by atoms with E-state index in [9.17, 15) is 9.59 Å². The minimum atomic E-state index is -0.605. The number of hydrogen-bond donors (Lipinski definition) is 0. The van der Waals surface area contributed by atoms with Crippen LogP contribution < -0.4 is 9.47 Å². The van der Waals surface area contributed by atoms with Gasteiger partial charge < -0.3 is 14.2 Å². The number of rotatable bonds is 8. The molecule has 0 saturated heterocycles. The first-order valence-electron chi connectivity index (χ1n) is 8.28. The van der Waals surface area contributed by atoms with E-state index >= 15 is 0 Å². The van der Waals surface area contributed by atoms with Crippen LogP contribution in [-0.2, 0) is 4.74 Å². The molecule has 0 aliphatic carbocycles. The second-order valence-electron chi connectivity index (χ2n) is 5.45. The molecular weight excluding hydrogens is 320 g/mol. The maximum Gasteiger partial charge on any atom is 0.344 e. The minimum Gasteiger partial charge on any atom is -0.497 e. The van der Waals surface area contributed by atoms with Crippen molar-refractivity contribution in [2.24, 2.45) is 0 Å². The summed E-state index contributed by atoms with van der Waals surface area (Å²) in [6.07, 6.45) is 2.84. The van der Waals surface area contributed by atoms with E-state index in [2.05, 4.69) is 6.92 Å². The number of carbonyl (C=O) groups excluding carboxylic acids is 2. The third kappa shape index (κ3) is 5.35. The summed E-state index contributed by atoms with van der Waals surface area (Å²) in [5, 5.41) is 0. The Bertz CT molecular complexity index is 706. The van der Waals surface area contributed by atoms with Crippen LogP contribution in [0.3, 0.4) is 0 Å². The molecule has 0 aliphatic rings. The zero-order chi connectivity index (χ0) is 18.1. The Morgan fingerprint density at radius 2 is 1.44 bits per heavy atom. The zero-order valence-electron chi connectivity index (χ0n) is 14.5. The fraction of sp³-hybridized carbons (Fsp3) is 0.300. The topological polar surface area (TPSA) is 61.8 Å². The molecule has 0 heterocycles. The van der Waals surface area contributed by atoms with Gasteiger partial charge in [-0.25, -0.2) is 9.59 Å². The SMILES string of the molecule is CCCCCOC(=O)c1ccccc1C(=O)Oc1ccc(OC)cc1. The molecule has 2 aromatic carbocycles. The van der Waals surface area contributed by atoms with E-state index in [4.69, 9.17) is 14.2 Å². The monoisotopic (exact) mass is 342 g/mol. The lowest BCUT2D eigenvalue weighted by molar-refractivity contribution is 0.0490. The number of esters is 2. The van der Waals surface area contributed by atoms with Gasteiger partial charge in [-0.15, -0.1) is 0 Å². The van der Waals surface area contributed by atoms with Crippen LogP contribution in [-0.4, -0.2) is 25.7 Å². The first-order chi connectivity index (χ1) is 12.2. The second kappa shape index (κ2) is 9.47. The number of methoxy groups -OCH3 is 1. The summed E-state index contributed by atoms with van der Waals surface area (Å²) in [7, 11) is 1.56. The van der Waals surface area contributed by atoms with E-state index in [0.29, 0.717) is 18.1 Å². The Morgan fingerprint density at radius 1 is 0.840 bits per heavy atom. The van der Waals surface area contributed by atoms with Crippen LogP contribution in [0.25, 0.3) is 0 Å². The van der Waals surface area contributed by atoms with Gasteiger partial charge in [-0.2, -0.15) is 0 Å². The highest BCUT2D eigenvalue weighted by Gasteiger charge is 2.19. The van der Waals surface area contributed by atoms with Crippen molar-refractivity contribution in [3.63, 3.8) is 0 Å². The van der Waals surface area contributed by atoms with Crippen molar-refractivity contribution in [3.05, 3.63) is 59.7 Å². The molecule has 0 spiro atoms. The van der Waals surface area contributed by atoms with Gasteiger partial charge >= 0.3 is 11.9 Å². The molecule has 2 rings (SSSR count). The molecule has 0 atom stereocenters. The molecule has 0 fully saturated rings. The quantitative estimate of drug-likeness (QED) is 0.407. The normalized spacial score (nSPS) is 10.2. The molecule has 0 aromatic heterocycles. The number of ether oxygens (including phenoxy) is 3. The largest absolute Gasteiger partial charge is 0.497 e. The van der Waals surface area contributed by atoms with Crippen LogP contribution in [0.4, 0.5) is 0 Å². The third-order valence-electron chi connectivity index (χ3n) is 3.62. The molecule has 132 valence electrons. The van der Waals surface area contributed by atoms with Gasteiger partial charge in [0.25, 0.3) is 0 Å². The van der Waals surface area contributed by atoms with Gasteiger partial charge in [0.1, 0.15) is 11.5 Å². The summed E-state index contributed by atoms with van der Waals surface area (Å²) >= 11 is 0. The standard InChI is InChI=1S/C20H22O5/c1-3-4-7-14-24-19(21)17-8-5-6-9-18(17)20(22)25-16-12-10-15(23-2)11-13-16/h5-6,8-13H,3-4,7,14H2,1-2H3. The van der Waals surface area contributed by atoms with E-state index in [1.54, 1.807) is 55.6 Å². The summed E-state index contributed by atoms with van der Waals surface area (Å²) in [4.78, 5) is 24.6. The van der Waals surface area contributed by atoms with E-state index in [-0.39, 0.29) is 11.1 Å². The predicted octanol–water partition coefficient (Wildman–Crippen LogP) is 4.26. The van der Waals surface area contributed by atoms with Crippen LogP contribution >= 0.6 is 0 Å². The van der Waals surface area contributed by atoms with Crippen LogP contribution in [0.15, 0.2) is 48.5 Å². The maximum atomic E-state index is 12.4. The highest BCUT2D eigenvalue weighted by atomic mass is 16.5. The molecular formula is C20H22O5. The van der Waals surface area contributed by atoms with Crippen molar-refractivity contribution in [3.8, 4) is 11.5 Å². The first kappa shape index (κ1) is 18.5. The van der Waals surface area contributed by atoms with Crippen molar-refractivity contribution in [2.45, 2.75) is 26.2 Å². The lowest BCUT2D eigenvalue weighted by atomic mass is 10.1. The molecule has 0 N–H and O–H groups in total. The molecule has 0 amide bonds. The molecule has 0 bridgehead atoms. The average molecular weight is 342 g/mol. The zero-order valence-corrected chi connectivity index (χ0v) is 14.5. The lowest BCUT2D eigenvalue weighted by Gasteiger charge is -2.10. The van der Waals surface area contributed by atoms with Crippen LogP contribution in [0.2, 0.25) is 0 Å². The predicted molar refractivity (Wildman–Crippen MR) is 94.2 cm³/mol. The van der Waals surface area contributed by atoms with Crippen molar-refractivity contribution in [1.82, 2.24) is 0 Å². The fourth-order valence-corrected chi connectivity index (χ4v) is 2.24. The summed E-state index contributed by atoms with van der Waals surface area (Å²) in [6, 6.07) is 13.1. The smallest absolute Gasteiger partial charge is 0.344 e. The fourth-order valence-electron chi connectivity index (χ4n) is 2.24. The van der Waals surface area contributed by atoms with Crippen LogP contribution in [0.5, 0.6) is 11.5 Å². The number of benzene rings is 2. The van der Waals surface area contributed by atoms with Crippen LogP contribution in [0.1, 0.15) is 46.9 Å². The Labute approximate surface area is 147 Å². The number of hydrogen-bond acceptors (Lipinski definition) is 5. The Balaban J connectivity index is 2.07. The van der Waals surface area contributed by atoms with Crippen molar-refractivity contribution < 1.29 is 23.8 Å². The van der Waals surface area contributed by atoms with Gasteiger partial charge in [-0.3, -0.25) is 0 Å². The highest BCUT2D eigenvalue weighted by Crippen LogP contribution is 2.19. The summed E-state index contributed by atoms with van der Waals surface area (Å²) in [5.74, 6) is -0.0857. The summed E-state index contributed by atoms with van der Waals surface area (Å²) < 4.78 is 15.6. The van der Waals surface area contributed by atoms with Gasteiger partial charge in [0.15, 0.2) is 0 Å². The molecule has 5 heteroatoms. The minimum absolute atomic E-state index is 0.179. The Morgan fingerprint density at radius 3 is 2.04 bits per heavy atom. The average Bonchev–Trinajstić information content (AvgIpc) is 2.65. The molecule has 0 aliphatic heterocycles. The summed E-state index contributed by atoms with van der Waals surface area (Å²) in [6.45, 7) is 2.42. The lowest BCUT2D eigenvalue weighted by Crippen LogP contribution is -2.16. The first-order valence-corrected chi connectivity index (χ1v) is 8.28.